The van der Waals surface area contributed by atoms with Crippen molar-refractivity contribution in [1.29, 1.82) is 0 Å². The van der Waals surface area contributed by atoms with E-state index in [0.717, 1.165) is 5.56 Å². The Morgan fingerprint density at radius 3 is 2.48 bits per heavy atom. The van der Waals surface area contributed by atoms with Gasteiger partial charge in [-0.05, 0) is 30.9 Å². The zero-order valence-corrected chi connectivity index (χ0v) is 13.7. The van der Waals surface area contributed by atoms with Crippen LogP contribution in [0.25, 0.3) is 0 Å². The molecular formula is C15H16N2O2S2. The van der Waals surface area contributed by atoms with E-state index < -0.39 is 0 Å². The van der Waals surface area contributed by atoms with Crippen LogP contribution in [0.3, 0.4) is 0 Å². The number of carbonyl (C=O) groups is 2. The Morgan fingerprint density at radius 1 is 1.29 bits per heavy atom. The van der Waals surface area contributed by atoms with Crippen molar-refractivity contribution in [3.05, 3.63) is 40.4 Å². The number of hydrogen-bond donors (Lipinski definition) is 1. The van der Waals surface area contributed by atoms with Crippen LogP contribution in [0.4, 0.5) is 5.13 Å². The summed E-state index contributed by atoms with van der Waals surface area (Å²) in [6.45, 7) is 3.27. The highest BCUT2D eigenvalue weighted by atomic mass is 32.2. The number of benzene rings is 1. The van der Waals surface area contributed by atoms with Crippen molar-refractivity contribution in [2.24, 2.45) is 0 Å². The predicted octanol–water partition coefficient (Wildman–Crippen LogP) is 3.56. The fourth-order valence-electron chi connectivity index (χ4n) is 1.87. The topological polar surface area (TPSA) is 59.1 Å². The van der Waals surface area contributed by atoms with Crippen LogP contribution in [-0.4, -0.2) is 22.9 Å². The van der Waals surface area contributed by atoms with Crippen molar-refractivity contribution >= 4 is 39.9 Å². The molecule has 2 rings (SSSR count). The van der Waals surface area contributed by atoms with Crippen LogP contribution in [0.15, 0.2) is 29.2 Å². The Kier molecular flexibility index (Phi) is 5.14. The number of aryl methyl sites for hydroxylation is 1. The standard InChI is InChI=1S/C15H16N2O2S2/c1-9-14(10(2)18)21-15(16-9)17-13(19)8-11-4-6-12(20-3)7-5-11/h4-7H,8H2,1-3H3,(H,16,17,19). The summed E-state index contributed by atoms with van der Waals surface area (Å²) in [5.74, 6) is -0.158. The van der Waals surface area contributed by atoms with Gasteiger partial charge in [-0.1, -0.05) is 23.5 Å². The van der Waals surface area contributed by atoms with Gasteiger partial charge in [-0.3, -0.25) is 9.59 Å². The molecule has 1 aromatic carbocycles. The van der Waals surface area contributed by atoms with E-state index in [1.807, 2.05) is 30.5 Å². The molecule has 0 aliphatic heterocycles. The van der Waals surface area contributed by atoms with Crippen LogP contribution in [0.2, 0.25) is 0 Å². The molecule has 0 aliphatic carbocycles. The molecule has 1 N–H and O–H groups in total. The maximum Gasteiger partial charge on any atom is 0.230 e. The summed E-state index contributed by atoms with van der Waals surface area (Å²) in [6, 6.07) is 7.88. The highest BCUT2D eigenvalue weighted by Crippen LogP contribution is 2.23. The summed E-state index contributed by atoms with van der Waals surface area (Å²) >= 11 is 2.88. The lowest BCUT2D eigenvalue weighted by Gasteiger charge is -2.03. The van der Waals surface area contributed by atoms with Gasteiger partial charge in [0.2, 0.25) is 5.91 Å². The first-order chi connectivity index (χ1) is 9.99. The molecular weight excluding hydrogens is 304 g/mol. The molecule has 2 aromatic rings. The molecule has 0 aliphatic rings. The Bertz CT molecular complexity index is 663. The van der Waals surface area contributed by atoms with E-state index in [0.29, 0.717) is 22.1 Å². The summed E-state index contributed by atoms with van der Waals surface area (Å²) in [4.78, 5) is 29.3. The number of ketones is 1. The number of carbonyl (C=O) groups excluding carboxylic acids is 2. The number of nitrogens with zero attached hydrogens (tertiary/aromatic N) is 1. The van der Waals surface area contributed by atoms with Crippen LogP contribution in [0.5, 0.6) is 0 Å². The lowest BCUT2D eigenvalue weighted by Crippen LogP contribution is -2.14. The second-order valence-corrected chi connectivity index (χ2v) is 6.44. The molecule has 1 amide bonds. The Labute approximate surface area is 132 Å². The average molecular weight is 320 g/mol. The van der Waals surface area contributed by atoms with Crippen molar-refractivity contribution in [2.75, 3.05) is 11.6 Å². The molecule has 4 nitrogen and oxygen atoms in total. The highest BCUT2D eigenvalue weighted by Gasteiger charge is 2.13. The average Bonchev–Trinajstić information content (AvgIpc) is 2.80. The number of anilines is 1. The molecule has 0 atom stereocenters. The molecule has 0 spiro atoms. The van der Waals surface area contributed by atoms with Gasteiger partial charge in [-0.15, -0.1) is 11.8 Å². The van der Waals surface area contributed by atoms with E-state index in [1.54, 1.807) is 18.7 Å². The smallest absolute Gasteiger partial charge is 0.230 e. The van der Waals surface area contributed by atoms with E-state index in [-0.39, 0.29) is 11.7 Å². The summed E-state index contributed by atoms with van der Waals surface area (Å²) in [6.07, 6.45) is 2.31. The number of rotatable bonds is 5. The maximum absolute atomic E-state index is 12.0. The molecule has 1 aromatic heterocycles. The van der Waals surface area contributed by atoms with E-state index in [1.165, 1.54) is 23.2 Å². The Hall–Kier alpha value is -1.66. The molecule has 21 heavy (non-hydrogen) atoms. The minimum absolute atomic E-state index is 0.0295. The van der Waals surface area contributed by atoms with Gasteiger partial charge in [0, 0.05) is 11.8 Å². The maximum atomic E-state index is 12.0. The lowest BCUT2D eigenvalue weighted by atomic mass is 10.1. The summed E-state index contributed by atoms with van der Waals surface area (Å²) in [5.41, 5.74) is 1.61. The van der Waals surface area contributed by atoms with Crippen molar-refractivity contribution in [1.82, 2.24) is 4.98 Å². The second-order valence-electron chi connectivity index (χ2n) is 4.56. The molecule has 0 unspecified atom stereocenters. The van der Waals surface area contributed by atoms with E-state index in [2.05, 4.69) is 10.3 Å². The first-order valence-electron chi connectivity index (χ1n) is 6.40. The molecule has 6 heteroatoms. The molecule has 0 saturated carbocycles. The molecule has 0 radical (unpaired) electrons. The number of amides is 1. The first-order valence-corrected chi connectivity index (χ1v) is 8.45. The predicted molar refractivity (Wildman–Crippen MR) is 87.4 cm³/mol. The molecule has 0 saturated heterocycles. The number of thiazole rings is 1. The minimum Gasteiger partial charge on any atom is -0.302 e. The van der Waals surface area contributed by atoms with Gasteiger partial charge < -0.3 is 5.32 Å². The van der Waals surface area contributed by atoms with Crippen molar-refractivity contribution in [3.63, 3.8) is 0 Å². The third-order valence-corrected chi connectivity index (χ3v) is 4.80. The number of hydrogen-bond acceptors (Lipinski definition) is 5. The first kappa shape index (κ1) is 15.7. The Morgan fingerprint density at radius 2 is 1.95 bits per heavy atom. The summed E-state index contributed by atoms with van der Waals surface area (Å²) < 4.78 is 0. The minimum atomic E-state index is -0.129. The number of nitrogens with one attached hydrogen (secondary N) is 1. The molecule has 0 bridgehead atoms. The van der Waals surface area contributed by atoms with Crippen LogP contribution in [-0.2, 0) is 11.2 Å². The SMILES string of the molecule is CSc1ccc(CC(=O)Nc2nc(C)c(C(C)=O)s2)cc1. The molecule has 110 valence electrons. The van der Waals surface area contributed by atoms with Crippen molar-refractivity contribution in [3.8, 4) is 0 Å². The summed E-state index contributed by atoms with van der Waals surface area (Å²) in [7, 11) is 0. The summed E-state index contributed by atoms with van der Waals surface area (Å²) in [5, 5.41) is 3.22. The Balaban J connectivity index is 2.01. The van der Waals surface area contributed by atoms with Gasteiger partial charge >= 0.3 is 0 Å². The third kappa shape index (κ3) is 4.15. The number of thioether (sulfide) groups is 1. The van der Waals surface area contributed by atoms with Crippen LogP contribution in [0.1, 0.15) is 27.9 Å². The van der Waals surface area contributed by atoms with Crippen LogP contribution >= 0.6 is 23.1 Å². The number of aromatic nitrogens is 1. The zero-order chi connectivity index (χ0) is 15.4. The van der Waals surface area contributed by atoms with Crippen LogP contribution in [0, 0.1) is 6.92 Å². The van der Waals surface area contributed by atoms with Crippen LogP contribution < -0.4 is 5.32 Å². The fourth-order valence-corrected chi connectivity index (χ4v) is 3.15. The molecule has 0 fully saturated rings. The largest absolute Gasteiger partial charge is 0.302 e. The quantitative estimate of drug-likeness (QED) is 0.676. The number of Topliss-reactive ketones (excluding diaryl/α,β-unsaturated/α-hetero) is 1. The monoisotopic (exact) mass is 320 g/mol. The van der Waals surface area contributed by atoms with Gasteiger partial charge in [-0.25, -0.2) is 4.98 Å². The van der Waals surface area contributed by atoms with Gasteiger partial charge in [0.1, 0.15) is 0 Å². The van der Waals surface area contributed by atoms with Crippen molar-refractivity contribution < 1.29 is 9.59 Å². The van der Waals surface area contributed by atoms with Gasteiger partial charge in [0.05, 0.1) is 17.0 Å². The van der Waals surface area contributed by atoms with Gasteiger partial charge in [0.15, 0.2) is 10.9 Å². The van der Waals surface area contributed by atoms with E-state index in [4.69, 9.17) is 0 Å². The van der Waals surface area contributed by atoms with Gasteiger partial charge in [-0.2, -0.15) is 0 Å². The normalized spacial score (nSPS) is 10.4. The third-order valence-electron chi connectivity index (χ3n) is 2.89. The van der Waals surface area contributed by atoms with E-state index >= 15 is 0 Å². The second kappa shape index (κ2) is 6.87. The van der Waals surface area contributed by atoms with Crippen molar-refractivity contribution in [2.45, 2.75) is 25.2 Å². The lowest BCUT2D eigenvalue weighted by molar-refractivity contribution is -0.115. The van der Waals surface area contributed by atoms with Gasteiger partial charge in [0.25, 0.3) is 0 Å². The molecule has 1 heterocycles. The highest BCUT2D eigenvalue weighted by molar-refractivity contribution is 7.98. The zero-order valence-electron chi connectivity index (χ0n) is 12.1. The van der Waals surface area contributed by atoms with E-state index in [9.17, 15) is 9.59 Å². The fraction of sp³-hybridized carbons (Fsp3) is 0.267.